The zero-order chi connectivity index (χ0) is 41.0. The van der Waals surface area contributed by atoms with Crippen molar-refractivity contribution in [3.05, 3.63) is 0 Å². The molecule has 0 heterocycles. The number of hydrogen-bond donors (Lipinski definition) is 12. The van der Waals surface area contributed by atoms with Crippen molar-refractivity contribution >= 4 is 65.2 Å². The maximum Gasteiger partial charge on any atom is 0.322 e. The first-order valence-corrected chi connectivity index (χ1v) is 16.2. The Hall–Kier alpha value is -5.87. The Kier molecular flexibility index (Phi) is 21.0. The molecule has 6 atom stereocenters. The van der Waals surface area contributed by atoms with E-state index in [1.807, 2.05) is 10.6 Å². The van der Waals surface area contributed by atoms with Gasteiger partial charge in [0, 0.05) is 19.3 Å². The third-order valence-electron chi connectivity index (χ3n) is 7.11. The molecule has 53 heavy (non-hydrogen) atoms. The Bertz CT molecular complexity index is 1390. The zero-order valence-electron chi connectivity index (χ0n) is 29.3. The van der Waals surface area contributed by atoms with Gasteiger partial charge in [0.05, 0.1) is 12.5 Å². The van der Waals surface area contributed by atoms with Crippen molar-refractivity contribution < 1.29 is 73.2 Å². The van der Waals surface area contributed by atoms with Gasteiger partial charge in [-0.05, 0) is 38.5 Å². The summed E-state index contributed by atoms with van der Waals surface area (Å²) in [5.41, 5.74) is 11.1. The first kappa shape index (κ1) is 47.1. The molecule has 298 valence electrons. The summed E-state index contributed by atoms with van der Waals surface area (Å²) in [7, 11) is 0. The number of carboxylic acid groups (broad SMARTS) is 4. The summed E-state index contributed by atoms with van der Waals surface area (Å²) in [6, 6.07) is -9.48. The molecule has 0 radical (unpaired) electrons. The number of nitrogens with one attached hydrogen (secondary N) is 6. The lowest BCUT2D eigenvalue weighted by Crippen LogP contribution is -2.59. The molecule has 0 aliphatic heterocycles. The average Bonchev–Trinajstić information content (AvgIpc) is 3.03. The zero-order valence-corrected chi connectivity index (χ0v) is 29.3. The van der Waals surface area contributed by atoms with Crippen LogP contribution in [0.3, 0.4) is 0 Å². The molecular formula is C30H48N8O15. The normalized spacial score (nSPS) is 14.1. The van der Waals surface area contributed by atoms with Crippen molar-refractivity contribution in [3.8, 4) is 0 Å². The highest BCUT2D eigenvalue weighted by Gasteiger charge is 2.34. The number of carbonyl (C=O) groups excluding carboxylic acids is 7. The molecule has 0 saturated carbocycles. The predicted octanol–water partition coefficient (Wildman–Crippen LogP) is -4.53. The number of carbonyl (C=O) groups is 11. The summed E-state index contributed by atoms with van der Waals surface area (Å²) in [4.78, 5) is 134. The van der Waals surface area contributed by atoms with E-state index in [9.17, 15) is 68.1 Å². The molecule has 0 aromatic rings. The highest BCUT2D eigenvalue weighted by molar-refractivity contribution is 5.98. The van der Waals surface area contributed by atoms with Crippen molar-refractivity contribution in [2.24, 2.45) is 17.4 Å². The second-order valence-corrected chi connectivity index (χ2v) is 12.3. The molecule has 0 aliphatic carbocycles. The molecule has 14 N–H and O–H groups in total. The fourth-order valence-corrected chi connectivity index (χ4v) is 4.42. The van der Waals surface area contributed by atoms with E-state index in [0.717, 1.165) is 6.92 Å². The third-order valence-corrected chi connectivity index (χ3v) is 7.11. The van der Waals surface area contributed by atoms with Crippen LogP contribution in [-0.4, -0.2) is 128 Å². The second kappa shape index (κ2) is 23.6. The number of aliphatic carboxylic acids is 4. The van der Waals surface area contributed by atoms with Crippen LogP contribution < -0.4 is 43.4 Å². The van der Waals surface area contributed by atoms with Crippen LogP contribution in [-0.2, 0) is 52.7 Å². The molecule has 0 aliphatic rings. The van der Waals surface area contributed by atoms with Gasteiger partial charge in [-0.3, -0.25) is 52.7 Å². The standard InChI is InChI=1S/C30H48N8O15/c1-13(2)10-15(31)26(49)35-16(4-7-20(32)39)27(50)36-17(5-8-21(40)41)28(51)37-18(6-9-22(42)43)29(52)38-19(11-23(44)45)30(53)34-14(3)25(48)33-12-24(46)47/h13-19H,4-12,31H2,1-3H3,(H2,32,39)(H,33,48)(H,34,53)(H,35,49)(H,36,50)(H,37,51)(H,38,52)(H,40,41)(H,42,43)(H,44,45)(H,46,47)/t14-,15-,16-,17-,18-,19-/m0/s1. The van der Waals surface area contributed by atoms with Gasteiger partial charge < -0.3 is 63.8 Å². The first-order chi connectivity index (χ1) is 24.5. The minimum absolute atomic E-state index is 0.0155. The number of primary amides is 1. The molecule has 0 unspecified atom stereocenters. The lowest BCUT2D eigenvalue weighted by Gasteiger charge is -2.26. The van der Waals surface area contributed by atoms with E-state index < -0.39 is 147 Å². The first-order valence-electron chi connectivity index (χ1n) is 16.2. The molecule has 0 aromatic heterocycles. The van der Waals surface area contributed by atoms with Gasteiger partial charge >= 0.3 is 23.9 Å². The van der Waals surface area contributed by atoms with Gasteiger partial charge in [0.25, 0.3) is 0 Å². The highest BCUT2D eigenvalue weighted by atomic mass is 16.4. The predicted molar refractivity (Wildman–Crippen MR) is 178 cm³/mol. The number of nitrogens with two attached hydrogens (primary N) is 2. The Morgan fingerprint density at radius 3 is 1.28 bits per heavy atom. The Morgan fingerprint density at radius 2 is 0.906 bits per heavy atom. The van der Waals surface area contributed by atoms with Crippen molar-refractivity contribution in [1.82, 2.24) is 31.9 Å². The van der Waals surface area contributed by atoms with Crippen molar-refractivity contribution in [1.29, 1.82) is 0 Å². The van der Waals surface area contributed by atoms with Gasteiger partial charge in [-0.1, -0.05) is 13.8 Å². The second-order valence-electron chi connectivity index (χ2n) is 12.3. The van der Waals surface area contributed by atoms with Crippen LogP contribution in [0.2, 0.25) is 0 Å². The molecule has 0 aromatic carbocycles. The van der Waals surface area contributed by atoms with Crippen LogP contribution >= 0.6 is 0 Å². The van der Waals surface area contributed by atoms with Gasteiger partial charge in [0.1, 0.15) is 36.8 Å². The van der Waals surface area contributed by atoms with Crippen molar-refractivity contribution in [2.45, 2.75) is 108 Å². The molecule has 23 nitrogen and oxygen atoms in total. The lowest BCUT2D eigenvalue weighted by atomic mass is 10.0. The molecular weight excluding hydrogens is 712 g/mol. The van der Waals surface area contributed by atoms with Gasteiger partial charge in [-0.2, -0.15) is 0 Å². The fourth-order valence-electron chi connectivity index (χ4n) is 4.42. The van der Waals surface area contributed by atoms with Gasteiger partial charge in [-0.25, -0.2) is 0 Å². The maximum absolute atomic E-state index is 13.4. The van der Waals surface area contributed by atoms with Crippen LogP contribution in [0.15, 0.2) is 0 Å². The van der Waals surface area contributed by atoms with E-state index in [4.69, 9.17) is 16.6 Å². The van der Waals surface area contributed by atoms with Crippen molar-refractivity contribution in [3.63, 3.8) is 0 Å². The largest absolute Gasteiger partial charge is 0.481 e. The van der Waals surface area contributed by atoms with Crippen LogP contribution in [0.1, 0.15) is 72.1 Å². The number of carboxylic acids is 4. The smallest absolute Gasteiger partial charge is 0.322 e. The topological polar surface area (TPSA) is 393 Å². The van der Waals surface area contributed by atoms with E-state index in [1.54, 1.807) is 13.8 Å². The van der Waals surface area contributed by atoms with Crippen molar-refractivity contribution in [2.75, 3.05) is 6.54 Å². The summed E-state index contributed by atoms with van der Waals surface area (Å²) >= 11 is 0. The number of amides is 7. The van der Waals surface area contributed by atoms with Crippen LogP contribution in [0, 0.1) is 5.92 Å². The number of rotatable bonds is 26. The SMILES string of the molecule is CC(C)C[C@H](N)C(=O)N[C@@H](CCC(N)=O)C(=O)N[C@@H](CCC(=O)O)C(=O)N[C@@H](CCC(=O)O)C(=O)N[C@@H](CC(=O)O)C(=O)N[C@@H](C)C(=O)NCC(=O)O. The summed E-state index contributed by atoms with van der Waals surface area (Å²) in [5.74, 6) is -13.3. The Balaban J connectivity index is 6.28. The molecule has 0 rings (SSSR count). The quantitative estimate of drug-likeness (QED) is 0.0395. The lowest BCUT2D eigenvalue weighted by molar-refractivity contribution is -0.142. The molecule has 0 spiro atoms. The molecule has 23 heteroatoms. The maximum atomic E-state index is 13.4. The molecule has 0 bridgehead atoms. The average molecular weight is 761 g/mol. The minimum atomic E-state index is -1.92. The van der Waals surface area contributed by atoms with E-state index in [0.29, 0.717) is 0 Å². The molecule has 0 fully saturated rings. The highest BCUT2D eigenvalue weighted by Crippen LogP contribution is 2.08. The summed E-state index contributed by atoms with van der Waals surface area (Å²) in [5, 5.41) is 49.4. The summed E-state index contributed by atoms with van der Waals surface area (Å²) < 4.78 is 0. The summed E-state index contributed by atoms with van der Waals surface area (Å²) in [6.45, 7) is 3.90. The summed E-state index contributed by atoms with van der Waals surface area (Å²) in [6.07, 6.45) is -4.36. The van der Waals surface area contributed by atoms with Crippen LogP contribution in [0.25, 0.3) is 0 Å². The van der Waals surface area contributed by atoms with E-state index >= 15 is 0 Å². The Morgan fingerprint density at radius 1 is 0.509 bits per heavy atom. The third kappa shape index (κ3) is 20.5. The van der Waals surface area contributed by atoms with Crippen LogP contribution in [0.5, 0.6) is 0 Å². The van der Waals surface area contributed by atoms with Gasteiger partial charge in [0.15, 0.2) is 0 Å². The van der Waals surface area contributed by atoms with E-state index in [1.165, 1.54) is 0 Å². The monoisotopic (exact) mass is 760 g/mol. The van der Waals surface area contributed by atoms with E-state index in [2.05, 4.69) is 21.3 Å². The minimum Gasteiger partial charge on any atom is -0.481 e. The number of hydrogen-bond acceptors (Lipinski definition) is 12. The Labute approximate surface area is 302 Å². The molecule has 7 amide bonds. The van der Waals surface area contributed by atoms with E-state index in [-0.39, 0.29) is 18.8 Å². The fraction of sp³-hybridized carbons (Fsp3) is 0.633. The van der Waals surface area contributed by atoms with Crippen LogP contribution in [0.4, 0.5) is 0 Å². The van der Waals surface area contributed by atoms with Gasteiger partial charge in [0.2, 0.25) is 41.4 Å². The molecule has 0 saturated heterocycles. The van der Waals surface area contributed by atoms with Gasteiger partial charge in [-0.15, -0.1) is 0 Å².